The standard InChI is InChI=1S/C24H23F2N5O/c1-14-8-19(25)20(26)9-17(14)23-27-10-21-24(32)28-22(29-31(21)23)18-13-30(11-15(18)2)12-16-6-4-3-5-7-16/h3-10,15,18H,11-13H2,1-2H3,(H,28,29,32). The first kappa shape index (κ1) is 20.5. The molecule has 6 nitrogen and oxygen atoms in total. The van der Waals surface area contributed by atoms with Crippen molar-refractivity contribution in [1.82, 2.24) is 24.5 Å². The minimum atomic E-state index is -0.964. The Morgan fingerprint density at radius 2 is 1.88 bits per heavy atom. The number of aromatic nitrogens is 4. The van der Waals surface area contributed by atoms with Crippen molar-refractivity contribution in [3.8, 4) is 11.4 Å². The zero-order valence-electron chi connectivity index (χ0n) is 17.8. The molecule has 5 rings (SSSR count). The van der Waals surface area contributed by atoms with E-state index in [1.165, 1.54) is 16.3 Å². The van der Waals surface area contributed by atoms with Crippen molar-refractivity contribution in [3.63, 3.8) is 0 Å². The third kappa shape index (κ3) is 3.60. The second kappa shape index (κ2) is 7.94. The van der Waals surface area contributed by atoms with Gasteiger partial charge in [-0.15, -0.1) is 0 Å². The minimum absolute atomic E-state index is 0.0390. The highest BCUT2D eigenvalue weighted by Gasteiger charge is 2.33. The Morgan fingerprint density at radius 3 is 2.66 bits per heavy atom. The molecule has 0 radical (unpaired) electrons. The summed E-state index contributed by atoms with van der Waals surface area (Å²) in [6.07, 6.45) is 1.41. The predicted molar refractivity (Wildman–Crippen MR) is 117 cm³/mol. The van der Waals surface area contributed by atoms with Crippen LogP contribution in [-0.4, -0.2) is 37.6 Å². The quantitative estimate of drug-likeness (QED) is 0.528. The van der Waals surface area contributed by atoms with Gasteiger partial charge in [-0.3, -0.25) is 9.69 Å². The van der Waals surface area contributed by atoms with E-state index in [2.05, 4.69) is 33.9 Å². The number of likely N-dealkylation sites (tertiary alicyclic amines) is 1. The maximum atomic E-state index is 13.9. The molecule has 164 valence electrons. The fourth-order valence-corrected chi connectivity index (χ4v) is 4.55. The van der Waals surface area contributed by atoms with Crippen molar-refractivity contribution >= 4 is 5.52 Å². The number of hydrogen-bond donors (Lipinski definition) is 1. The number of hydrogen-bond acceptors (Lipinski definition) is 4. The molecular weight excluding hydrogens is 412 g/mol. The van der Waals surface area contributed by atoms with E-state index >= 15 is 0 Å². The van der Waals surface area contributed by atoms with Crippen molar-refractivity contribution in [2.75, 3.05) is 13.1 Å². The molecule has 0 amide bonds. The fourth-order valence-electron chi connectivity index (χ4n) is 4.55. The maximum absolute atomic E-state index is 13.9. The second-order valence-electron chi connectivity index (χ2n) is 8.56. The number of aryl methyl sites for hydroxylation is 1. The number of aromatic amines is 1. The molecule has 0 saturated carbocycles. The first-order chi connectivity index (χ1) is 15.4. The average molecular weight is 435 g/mol. The van der Waals surface area contributed by atoms with Crippen molar-refractivity contribution in [1.29, 1.82) is 0 Å². The highest BCUT2D eigenvalue weighted by molar-refractivity contribution is 5.64. The molecule has 1 N–H and O–H groups in total. The van der Waals surface area contributed by atoms with Crippen LogP contribution in [0.1, 0.15) is 29.8 Å². The molecule has 4 aromatic rings. The van der Waals surface area contributed by atoms with Crippen LogP contribution in [0.3, 0.4) is 0 Å². The summed E-state index contributed by atoms with van der Waals surface area (Å²) < 4.78 is 29.0. The van der Waals surface area contributed by atoms with E-state index in [0.29, 0.717) is 22.8 Å². The van der Waals surface area contributed by atoms with Gasteiger partial charge in [-0.2, -0.15) is 5.10 Å². The monoisotopic (exact) mass is 435 g/mol. The number of nitrogens with one attached hydrogen (secondary N) is 1. The second-order valence-corrected chi connectivity index (χ2v) is 8.56. The topological polar surface area (TPSA) is 66.3 Å². The summed E-state index contributed by atoms with van der Waals surface area (Å²) in [5.41, 5.74) is 2.12. The Hall–Kier alpha value is -3.39. The Kier molecular flexibility index (Phi) is 5.09. The van der Waals surface area contributed by atoms with Crippen LogP contribution in [0, 0.1) is 24.5 Å². The van der Waals surface area contributed by atoms with Gasteiger partial charge in [-0.05, 0) is 36.1 Å². The lowest BCUT2D eigenvalue weighted by Gasteiger charge is -2.16. The van der Waals surface area contributed by atoms with Crippen molar-refractivity contribution in [2.45, 2.75) is 26.3 Å². The molecule has 0 spiro atoms. The van der Waals surface area contributed by atoms with Crippen LogP contribution in [-0.2, 0) is 6.54 Å². The van der Waals surface area contributed by atoms with E-state index in [4.69, 9.17) is 5.10 Å². The van der Waals surface area contributed by atoms with Crippen molar-refractivity contribution in [3.05, 3.63) is 87.6 Å². The van der Waals surface area contributed by atoms with Gasteiger partial charge in [0.15, 0.2) is 23.0 Å². The molecule has 8 heteroatoms. The molecule has 2 aromatic carbocycles. The van der Waals surface area contributed by atoms with Gasteiger partial charge in [-0.1, -0.05) is 37.3 Å². The van der Waals surface area contributed by atoms with Crippen LogP contribution in [0.4, 0.5) is 8.78 Å². The van der Waals surface area contributed by atoms with Gasteiger partial charge in [0.1, 0.15) is 5.82 Å². The fraction of sp³-hybridized carbons (Fsp3) is 0.292. The van der Waals surface area contributed by atoms with Crippen LogP contribution in [0.5, 0.6) is 0 Å². The molecule has 2 aromatic heterocycles. The highest BCUT2D eigenvalue weighted by atomic mass is 19.2. The highest BCUT2D eigenvalue weighted by Crippen LogP contribution is 2.31. The summed E-state index contributed by atoms with van der Waals surface area (Å²) in [6, 6.07) is 12.5. The zero-order chi connectivity index (χ0) is 22.4. The van der Waals surface area contributed by atoms with Gasteiger partial charge in [-0.25, -0.2) is 18.3 Å². The minimum Gasteiger partial charge on any atom is -0.307 e. The van der Waals surface area contributed by atoms with Gasteiger partial charge in [0, 0.05) is 31.1 Å². The van der Waals surface area contributed by atoms with Gasteiger partial charge < -0.3 is 4.98 Å². The SMILES string of the molecule is Cc1cc(F)c(F)cc1-c1ncc2c(=O)[nH]c(C3CN(Cc4ccccc4)CC3C)nn12. The number of H-pyrrole nitrogens is 1. The van der Waals surface area contributed by atoms with E-state index in [-0.39, 0.29) is 22.9 Å². The predicted octanol–water partition coefficient (Wildman–Crippen LogP) is 3.91. The Morgan fingerprint density at radius 1 is 1.12 bits per heavy atom. The molecule has 32 heavy (non-hydrogen) atoms. The van der Waals surface area contributed by atoms with Crippen LogP contribution in [0.25, 0.3) is 16.9 Å². The summed E-state index contributed by atoms with van der Waals surface area (Å²) >= 11 is 0. The van der Waals surface area contributed by atoms with Gasteiger partial charge >= 0.3 is 0 Å². The lowest BCUT2D eigenvalue weighted by atomic mass is 9.97. The average Bonchev–Trinajstić information content (AvgIpc) is 3.35. The Bertz CT molecular complexity index is 1350. The Labute approximate surface area is 183 Å². The third-order valence-electron chi connectivity index (χ3n) is 6.22. The molecule has 0 bridgehead atoms. The van der Waals surface area contributed by atoms with E-state index in [0.717, 1.165) is 31.8 Å². The smallest absolute Gasteiger partial charge is 0.276 e. The molecule has 1 aliphatic heterocycles. The number of fused-ring (bicyclic) bond motifs is 1. The summed E-state index contributed by atoms with van der Waals surface area (Å²) in [6.45, 7) is 6.30. The molecule has 0 aliphatic carbocycles. The van der Waals surface area contributed by atoms with Crippen LogP contribution < -0.4 is 5.56 Å². The van der Waals surface area contributed by atoms with Gasteiger partial charge in [0.2, 0.25) is 0 Å². The molecule has 2 unspecified atom stereocenters. The van der Waals surface area contributed by atoms with Crippen molar-refractivity contribution < 1.29 is 8.78 Å². The van der Waals surface area contributed by atoms with E-state index < -0.39 is 11.6 Å². The number of halogens is 2. The molecule has 1 aliphatic rings. The zero-order valence-corrected chi connectivity index (χ0v) is 17.8. The molecule has 2 atom stereocenters. The molecule has 1 fully saturated rings. The first-order valence-electron chi connectivity index (χ1n) is 10.6. The summed E-state index contributed by atoms with van der Waals surface area (Å²) in [5, 5.41) is 4.70. The number of benzene rings is 2. The number of nitrogens with zero attached hydrogens (tertiary/aromatic N) is 4. The van der Waals surface area contributed by atoms with Crippen LogP contribution >= 0.6 is 0 Å². The van der Waals surface area contributed by atoms with Gasteiger partial charge in [0.25, 0.3) is 5.56 Å². The normalized spacial score (nSPS) is 19.1. The number of imidazole rings is 1. The first-order valence-corrected chi connectivity index (χ1v) is 10.6. The van der Waals surface area contributed by atoms with Crippen molar-refractivity contribution in [2.24, 2.45) is 5.92 Å². The van der Waals surface area contributed by atoms with Crippen LogP contribution in [0.15, 0.2) is 53.5 Å². The van der Waals surface area contributed by atoms with E-state index in [1.807, 2.05) is 18.2 Å². The lowest BCUT2D eigenvalue weighted by molar-refractivity contribution is 0.318. The number of rotatable bonds is 4. The summed E-state index contributed by atoms with van der Waals surface area (Å²) in [5.74, 6) is -0.667. The third-order valence-corrected chi connectivity index (χ3v) is 6.22. The van der Waals surface area contributed by atoms with Crippen LogP contribution in [0.2, 0.25) is 0 Å². The molecule has 3 heterocycles. The van der Waals surface area contributed by atoms with E-state index in [1.54, 1.807) is 6.92 Å². The molecule has 1 saturated heterocycles. The summed E-state index contributed by atoms with van der Waals surface area (Å²) in [4.78, 5) is 22.3. The maximum Gasteiger partial charge on any atom is 0.276 e. The summed E-state index contributed by atoms with van der Waals surface area (Å²) in [7, 11) is 0. The van der Waals surface area contributed by atoms with E-state index in [9.17, 15) is 13.6 Å². The Balaban J connectivity index is 1.51. The lowest BCUT2D eigenvalue weighted by Crippen LogP contribution is -2.23. The van der Waals surface area contributed by atoms with Gasteiger partial charge in [0.05, 0.1) is 6.20 Å². The largest absolute Gasteiger partial charge is 0.307 e. The molecular formula is C24H23F2N5O.